The number of H-pyrrole nitrogens is 2. The smallest absolute Gasteiger partial charge is 0.330 e. The van der Waals surface area contributed by atoms with Gasteiger partial charge in [-0.15, -0.1) is 0 Å². The van der Waals surface area contributed by atoms with E-state index in [2.05, 4.69) is 9.97 Å². The van der Waals surface area contributed by atoms with Gasteiger partial charge in [0.05, 0.1) is 65.4 Å². The second-order valence-electron chi connectivity index (χ2n) is 9.03. The normalized spacial score (nSPS) is 10.8. The Morgan fingerprint density at radius 1 is 0.500 bits per heavy atom. The quantitative estimate of drug-likeness (QED) is 0.256. The van der Waals surface area contributed by atoms with Crippen molar-refractivity contribution in [2.75, 3.05) is 42.7 Å². The molecule has 0 fully saturated rings. The molecule has 0 unspecified atom stereocenters. The average Bonchev–Trinajstić information content (AvgIpc) is 3.61. The van der Waals surface area contributed by atoms with Gasteiger partial charge in [0.25, 0.3) is 0 Å². The van der Waals surface area contributed by atoms with Crippen LogP contribution in [0.5, 0.6) is 34.5 Å². The lowest BCUT2D eigenvalue weighted by Crippen LogP contribution is -2.15. The van der Waals surface area contributed by atoms with Crippen molar-refractivity contribution in [3.05, 3.63) is 81.9 Å². The topological polar surface area (TPSA) is 131 Å². The summed E-state index contributed by atoms with van der Waals surface area (Å²) in [5, 5.41) is 0. The van der Waals surface area contributed by atoms with Crippen LogP contribution in [-0.2, 0) is 0 Å². The van der Waals surface area contributed by atoms with Crippen LogP contribution in [0, 0.1) is 0 Å². The lowest BCUT2D eigenvalue weighted by molar-refractivity contribution is 0.324. The molecule has 0 saturated carbocycles. The molecule has 3 aromatic carbocycles. The number of hydrogen-bond donors (Lipinski definition) is 2. The molecule has 0 bridgehead atoms. The molecule has 218 valence electrons. The number of nitrogens with one attached hydrogen (secondary N) is 2. The van der Waals surface area contributed by atoms with E-state index in [9.17, 15) is 9.59 Å². The summed E-state index contributed by atoms with van der Waals surface area (Å²) in [6, 6.07) is 14.0. The van der Waals surface area contributed by atoms with E-state index in [1.54, 1.807) is 60.9 Å². The first kappa shape index (κ1) is 28.0. The summed E-state index contributed by atoms with van der Waals surface area (Å²) in [6.45, 7) is 0. The Labute approximate surface area is 240 Å². The third kappa shape index (κ3) is 4.94. The summed E-state index contributed by atoms with van der Waals surface area (Å²) >= 11 is 0. The van der Waals surface area contributed by atoms with Gasteiger partial charge in [-0.3, -0.25) is 9.13 Å². The van der Waals surface area contributed by atoms with Gasteiger partial charge >= 0.3 is 11.4 Å². The number of aromatic nitrogens is 4. The number of nitrogens with zero attached hydrogens (tertiary/aromatic N) is 2. The van der Waals surface area contributed by atoms with Crippen molar-refractivity contribution in [2.24, 2.45) is 0 Å². The van der Waals surface area contributed by atoms with Crippen molar-refractivity contribution in [1.82, 2.24) is 19.1 Å². The van der Waals surface area contributed by atoms with E-state index in [0.29, 0.717) is 68.4 Å². The van der Waals surface area contributed by atoms with Crippen LogP contribution in [-0.4, -0.2) is 61.8 Å². The number of methoxy groups -OCH3 is 6. The molecule has 0 radical (unpaired) electrons. The Morgan fingerprint density at radius 2 is 0.810 bits per heavy atom. The highest BCUT2D eigenvalue weighted by atomic mass is 16.5. The van der Waals surface area contributed by atoms with Crippen molar-refractivity contribution in [3.63, 3.8) is 0 Å². The minimum atomic E-state index is -0.338. The van der Waals surface area contributed by atoms with Gasteiger partial charge in [0.15, 0.2) is 23.0 Å². The summed E-state index contributed by atoms with van der Waals surface area (Å²) < 4.78 is 35.5. The van der Waals surface area contributed by atoms with Gasteiger partial charge in [0, 0.05) is 23.5 Å². The molecule has 0 saturated heterocycles. The van der Waals surface area contributed by atoms with Crippen LogP contribution >= 0.6 is 0 Å². The summed E-state index contributed by atoms with van der Waals surface area (Å²) in [5.41, 5.74) is 3.00. The van der Waals surface area contributed by atoms with E-state index in [-0.39, 0.29) is 11.4 Å². The van der Waals surface area contributed by atoms with Crippen molar-refractivity contribution in [3.8, 4) is 68.4 Å². The molecule has 0 spiro atoms. The van der Waals surface area contributed by atoms with Crippen molar-refractivity contribution in [1.29, 1.82) is 0 Å². The number of ether oxygens (including phenoxy) is 6. The Balaban J connectivity index is 1.47. The van der Waals surface area contributed by atoms with Gasteiger partial charge in [-0.05, 0) is 48.5 Å². The second kappa shape index (κ2) is 11.5. The highest BCUT2D eigenvalue weighted by molar-refractivity contribution is 5.70. The first-order chi connectivity index (χ1) is 20.3. The molecule has 0 atom stereocenters. The fourth-order valence-corrected chi connectivity index (χ4v) is 4.71. The fourth-order valence-electron chi connectivity index (χ4n) is 4.71. The fraction of sp³-hybridized carbons (Fsp3) is 0.200. The number of imidazole rings is 2. The minimum absolute atomic E-state index is 0.338. The maximum absolute atomic E-state index is 12.9. The molecular weight excluding hydrogens is 544 g/mol. The SMILES string of the molecule is COc1cc(-c2cn(-c3ccc(-n4cc(-c5cc(OC)c(OC)c(OC)c5)[nH]c4=O)cc3)c(=O)[nH]2)cc(OC)c1OC. The molecule has 0 aliphatic heterocycles. The van der Waals surface area contributed by atoms with Crippen LogP contribution in [0.3, 0.4) is 0 Å². The standard InChI is InChI=1S/C30H30N4O8/c1-37-23-11-17(12-24(38-2)27(23)41-5)21-15-33(29(35)31-21)19-7-9-20(10-8-19)34-16-22(32-30(34)36)18-13-25(39-3)28(42-6)26(14-18)40-4/h7-16H,1-6H3,(H,31,35)(H,32,36). The first-order valence-electron chi connectivity index (χ1n) is 12.7. The Bertz CT molecular complexity index is 1660. The van der Waals surface area contributed by atoms with Crippen molar-refractivity contribution in [2.45, 2.75) is 0 Å². The van der Waals surface area contributed by atoms with E-state index in [1.165, 1.54) is 51.8 Å². The Hall–Kier alpha value is -5.52. The van der Waals surface area contributed by atoms with Crippen molar-refractivity contribution >= 4 is 0 Å². The summed E-state index contributed by atoms with van der Waals surface area (Å²) in [5.74, 6) is 2.77. The third-order valence-corrected chi connectivity index (χ3v) is 6.79. The Kier molecular flexibility index (Phi) is 7.69. The van der Waals surface area contributed by atoms with E-state index < -0.39 is 0 Å². The van der Waals surface area contributed by atoms with Crippen molar-refractivity contribution < 1.29 is 28.4 Å². The van der Waals surface area contributed by atoms with Gasteiger partial charge < -0.3 is 38.4 Å². The number of aromatic amines is 2. The molecule has 42 heavy (non-hydrogen) atoms. The van der Waals surface area contributed by atoms with Gasteiger partial charge in [-0.1, -0.05) is 0 Å². The number of rotatable bonds is 10. The first-order valence-corrected chi connectivity index (χ1v) is 12.7. The zero-order valence-electron chi connectivity index (χ0n) is 23.9. The van der Waals surface area contributed by atoms with Crippen LogP contribution in [0.25, 0.3) is 33.9 Å². The van der Waals surface area contributed by atoms with Gasteiger partial charge in [0.1, 0.15) is 0 Å². The highest BCUT2D eigenvalue weighted by Crippen LogP contribution is 2.42. The van der Waals surface area contributed by atoms with E-state index in [4.69, 9.17) is 28.4 Å². The zero-order valence-corrected chi connectivity index (χ0v) is 23.9. The number of hydrogen-bond acceptors (Lipinski definition) is 8. The van der Waals surface area contributed by atoms with E-state index in [0.717, 1.165) is 0 Å². The molecular formula is C30H30N4O8. The lowest BCUT2D eigenvalue weighted by atomic mass is 10.1. The van der Waals surface area contributed by atoms with Gasteiger partial charge in [-0.2, -0.15) is 0 Å². The van der Waals surface area contributed by atoms with Gasteiger partial charge in [-0.25, -0.2) is 9.59 Å². The molecule has 2 N–H and O–H groups in total. The predicted octanol–water partition coefficient (Wildman–Crippen LogP) is 4.03. The van der Waals surface area contributed by atoms with E-state index in [1.807, 2.05) is 0 Å². The zero-order chi connectivity index (χ0) is 30.0. The average molecular weight is 575 g/mol. The third-order valence-electron chi connectivity index (χ3n) is 6.79. The molecule has 12 nitrogen and oxygen atoms in total. The lowest BCUT2D eigenvalue weighted by Gasteiger charge is -2.13. The minimum Gasteiger partial charge on any atom is -0.493 e. The molecule has 0 amide bonds. The molecule has 0 aliphatic rings. The monoisotopic (exact) mass is 574 g/mol. The molecule has 5 aromatic rings. The molecule has 2 heterocycles. The molecule has 12 heteroatoms. The molecule has 5 rings (SSSR count). The Morgan fingerprint density at radius 3 is 1.07 bits per heavy atom. The highest BCUT2D eigenvalue weighted by Gasteiger charge is 2.18. The maximum Gasteiger partial charge on any atom is 0.330 e. The second-order valence-corrected chi connectivity index (χ2v) is 9.03. The van der Waals surface area contributed by atoms with Crippen LogP contribution in [0.2, 0.25) is 0 Å². The van der Waals surface area contributed by atoms with Crippen LogP contribution in [0.1, 0.15) is 0 Å². The summed E-state index contributed by atoms with van der Waals surface area (Å²) in [6.07, 6.45) is 3.37. The predicted molar refractivity (Wildman–Crippen MR) is 157 cm³/mol. The summed E-state index contributed by atoms with van der Waals surface area (Å²) in [4.78, 5) is 31.5. The summed E-state index contributed by atoms with van der Waals surface area (Å²) in [7, 11) is 9.16. The molecule has 0 aliphatic carbocycles. The van der Waals surface area contributed by atoms with Gasteiger partial charge in [0.2, 0.25) is 11.5 Å². The van der Waals surface area contributed by atoms with Crippen LogP contribution in [0.15, 0.2) is 70.5 Å². The molecule has 2 aromatic heterocycles. The van der Waals surface area contributed by atoms with Crippen LogP contribution in [0.4, 0.5) is 0 Å². The maximum atomic E-state index is 12.9. The van der Waals surface area contributed by atoms with E-state index >= 15 is 0 Å². The largest absolute Gasteiger partial charge is 0.493 e. The van der Waals surface area contributed by atoms with Crippen LogP contribution < -0.4 is 39.8 Å². The number of benzene rings is 3.